The van der Waals surface area contributed by atoms with E-state index in [2.05, 4.69) is 5.32 Å². The van der Waals surface area contributed by atoms with Crippen molar-refractivity contribution >= 4 is 45.6 Å². The Hall–Kier alpha value is -2.74. The first kappa shape index (κ1) is 22.9. The topological polar surface area (TPSA) is 113 Å². The molecule has 0 saturated carbocycles. The largest absolute Gasteiger partial charge is 0.548 e. The number of hydrogen-bond donors (Lipinski definition) is 1. The van der Waals surface area contributed by atoms with Crippen LogP contribution in [0.4, 0.5) is 0 Å². The number of rotatable bonds is 9. The van der Waals surface area contributed by atoms with Gasteiger partial charge in [0.25, 0.3) is 0 Å². The van der Waals surface area contributed by atoms with E-state index >= 15 is 0 Å². The fourth-order valence-electron chi connectivity index (χ4n) is 3.61. The molecule has 0 aliphatic heterocycles. The first-order valence-electron chi connectivity index (χ1n) is 10.3. The van der Waals surface area contributed by atoms with E-state index in [0.29, 0.717) is 28.9 Å². The van der Waals surface area contributed by atoms with Gasteiger partial charge in [-0.1, -0.05) is 6.92 Å². The van der Waals surface area contributed by atoms with E-state index < -0.39 is 23.5 Å². The maximum absolute atomic E-state index is 12.5. The molecule has 1 amide bonds. The van der Waals surface area contributed by atoms with E-state index in [1.54, 1.807) is 17.8 Å². The summed E-state index contributed by atoms with van der Waals surface area (Å²) in [7, 11) is 0. The number of aliphatic carboxylic acids is 1. The lowest BCUT2D eigenvalue weighted by Crippen LogP contribution is -2.48. The summed E-state index contributed by atoms with van der Waals surface area (Å²) in [6.45, 7) is 7.66. The number of amides is 1. The van der Waals surface area contributed by atoms with Gasteiger partial charge in [0.15, 0.2) is 0 Å². The van der Waals surface area contributed by atoms with Gasteiger partial charge in [-0.05, 0) is 62.3 Å². The second kappa shape index (κ2) is 9.60. The third kappa shape index (κ3) is 4.95. The van der Waals surface area contributed by atoms with Crippen LogP contribution in [-0.4, -0.2) is 29.4 Å². The van der Waals surface area contributed by atoms with Gasteiger partial charge < -0.3 is 24.1 Å². The number of benzene rings is 1. The van der Waals surface area contributed by atoms with E-state index in [1.807, 2.05) is 33.8 Å². The van der Waals surface area contributed by atoms with Crippen molar-refractivity contribution in [3.63, 3.8) is 0 Å². The van der Waals surface area contributed by atoms with Crippen LogP contribution in [-0.2, 0) is 16.0 Å². The molecule has 1 aromatic carbocycles. The molecule has 2 aromatic heterocycles. The van der Waals surface area contributed by atoms with E-state index in [4.69, 9.17) is 8.83 Å². The highest BCUT2D eigenvalue weighted by atomic mass is 32.2. The summed E-state index contributed by atoms with van der Waals surface area (Å²) in [5.74, 6) is 0.550. The third-order valence-electron chi connectivity index (χ3n) is 5.56. The molecule has 166 valence electrons. The number of aryl methyl sites for hydroxylation is 3. The number of nitrogens with one attached hydrogen (secondary N) is 1. The summed E-state index contributed by atoms with van der Waals surface area (Å²) in [6, 6.07) is 2.62. The van der Waals surface area contributed by atoms with Crippen molar-refractivity contribution in [2.75, 3.05) is 11.5 Å². The molecule has 0 radical (unpaired) electrons. The molecule has 0 unspecified atom stereocenters. The van der Waals surface area contributed by atoms with Gasteiger partial charge in [0.2, 0.25) is 5.91 Å². The average molecular weight is 445 g/mol. The molecule has 0 spiro atoms. The lowest BCUT2D eigenvalue weighted by molar-refractivity contribution is -0.308. The lowest BCUT2D eigenvalue weighted by Gasteiger charge is -2.19. The molecule has 0 bridgehead atoms. The zero-order chi connectivity index (χ0) is 22.7. The van der Waals surface area contributed by atoms with Crippen molar-refractivity contribution in [2.24, 2.45) is 0 Å². The number of carbonyl (C=O) groups excluding carboxylic acids is 2. The number of thioether (sulfide) groups is 1. The number of carboxylic acids is 1. The second-order valence-electron chi connectivity index (χ2n) is 7.55. The lowest BCUT2D eigenvalue weighted by atomic mass is 10.00. The molecule has 3 rings (SSSR count). The molecule has 7 nitrogen and oxygen atoms in total. The predicted octanol–water partition coefficient (Wildman–Crippen LogP) is 2.77. The van der Waals surface area contributed by atoms with E-state index in [0.717, 1.165) is 33.4 Å². The van der Waals surface area contributed by atoms with E-state index in [-0.39, 0.29) is 12.8 Å². The Balaban J connectivity index is 1.80. The summed E-state index contributed by atoms with van der Waals surface area (Å²) in [5.41, 5.74) is 2.77. The van der Waals surface area contributed by atoms with Crippen LogP contribution in [0.5, 0.6) is 0 Å². The number of furan rings is 1. The first-order chi connectivity index (χ1) is 14.7. The van der Waals surface area contributed by atoms with Crippen LogP contribution in [0.3, 0.4) is 0 Å². The molecule has 31 heavy (non-hydrogen) atoms. The molecule has 8 heteroatoms. The molecule has 0 fully saturated rings. The van der Waals surface area contributed by atoms with Crippen molar-refractivity contribution < 1.29 is 23.5 Å². The van der Waals surface area contributed by atoms with Crippen LogP contribution in [0.2, 0.25) is 0 Å². The van der Waals surface area contributed by atoms with Crippen LogP contribution < -0.4 is 16.0 Å². The highest BCUT2D eigenvalue weighted by Crippen LogP contribution is 2.31. The Bertz CT molecular complexity index is 1190. The number of carboxylic acid groups (broad SMARTS) is 1. The zero-order valence-corrected chi connectivity index (χ0v) is 18.9. The van der Waals surface area contributed by atoms with E-state index in [1.165, 1.54) is 0 Å². The molecule has 0 saturated heterocycles. The summed E-state index contributed by atoms with van der Waals surface area (Å²) in [5, 5.41) is 15.5. The van der Waals surface area contributed by atoms with Crippen LogP contribution in [0.25, 0.3) is 21.9 Å². The fourth-order valence-corrected chi connectivity index (χ4v) is 4.30. The summed E-state index contributed by atoms with van der Waals surface area (Å²) in [6.07, 6.45) is 0.429. The maximum atomic E-state index is 12.5. The fraction of sp³-hybridized carbons (Fsp3) is 0.435. The molecule has 0 aliphatic rings. The van der Waals surface area contributed by atoms with Crippen molar-refractivity contribution in [2.45, 2.75) is 53.0 Å². The van der Waals surface area contributed by atoms with Gasteiger partial charge in [-0.2, -0.15) is 11.8 Å². The molecule has 1 atom stereocenters. The van der Waals surface area contributed by atoms with Gasteiger partial charge >= 0.3 is 5.63 Å². The van der Waals surface area contributed by atoms with Crippen molar-refractivity contribution in [1.82, 2.24) is 5.32 Å². The van der Waals surface area contributed by atoms with E-state index in [9.17, 15) is 19.5 Å². The third-order valence-corrected chi connectivity index (χ3v) is 6.49. The predicted molar refractivity (Wildman–Crippen MR) is 119 cm³/mol. The summed E-state index contributed by atoms with van der Waals surface area (Å²) in [4.78, 5) is 36.1. The molecule has 0 aliphatic carbocycles. The number of carbonyl (C=O) groups is 2. The Labute approximate surface area is 184 Å². The monoisotopic (exact) mass is 444 g/mol. The average Bonchev–Trinajstić information content (AvgIpc) is 2.99. The van der Waals surface area contributed by atoms with Crippen LogP contribution in [0, 0.1) is 20.8 Å². The molecular formula is C23H26NO6S-. The standard InChI is InChI=1S/C23H27NO6S/c1-5-31-9-8-18(22(26)27)24-21(25)7-6-15-13(3)17-10-16-12(2)14(4)29-19(16)11-20(17)30-23(15)28/h10-11,18H,5-9H2,1-4H3,(H,24,25)(H,26,27)/p-1/t18-/m0/s1. The molecule has 2 heterocycles. The smallest absolute Gasteiger partial charge is 0.339 e. The highest BCUT2D eigenvalue weighted by molar-refractivity contribution is 7.99. The molecule has 3 aromatic rings. The van der Waals surface area contributed by atoms with Gasteiger partial charge in [0.05, 0.1) is 12.0 Å². The van der Waals surface area contributed by atoms with Crippen LogP contribution in [0.15, 0.2) is 25.8 Å². The zero-order valence-electron chi connectivity index (χ0n) is 18.1. The van der Waals surface area contributed by atoms with Gasteiger partial charge in [-0.15, -0.1) is 0 Å². The Morgan fingerprint density at radius 2 is 1.77 bits per heavy atom. The minimum Gasteiger partial charge on any atom is -0.548 e. The van der Waals surface area contributed by atoms with Gasteiger partial charge in [-0.25, -0.2) is 4.79 Å². The van der Waals surface area contributed by atoms with Gasteiger partial charge in [-0.3, -0.25) is 4.79 Å². The van der Waals surface area contributed by atoms with Gasteiger partial charge in [0.1, 0.15) is 16.9 Å². The Morgan fingerprint density at radius 1 is 1.10 bits per heavy atom. The SMILES string of the molecule is CCSCC[C@H](NC(=O)CCc1c(C)c2cc3c(C)c(C)oc3cc2oc1=O)C(=O)[O-]. The quantitative estimate of drug-likeness (QED) is 0.399. The minimum absolute atomic E-state index is 0.0199. The maximum Gasteiger partial charge on any atom is 0.339 e. The number of fused-ring (bicyclic) bond motifs is 2. The Kier molecular flexibility index (Phi) is 7.10. The summed E-state index contributed by atoms with van der Waals surface area (Å²) >= 11 is 1.60. The number of hydrogen-bond acceptors (Lipinski definition) is 7. The second-order valence-corrected chi connectivity index (χ2v) is 8.94. The van der Waals surface area contributed by atoms with Crippen molar-refractivity contribution in [3.8, 4) is 0 Å². The van der Waals surface area contributed by atoms with Crippen molar-refractivity contribution in [3.05, 3.63) is 45.0 Å². The molecule has 1 N–H and O–H groups in total. The van der Waals surface area contributed by atoms with Crippen molar-refractivity contribution in [1.29, 1.82) is 0 Å². The highest BCUT2D eigenvalue weighted by Gasteiger charge is 2.18. The first-order valence-corrected chi connectivity index (χ1v) is 11.4. The molecular weight excluding hydrogens is 418 g/mol. The minimum atomic E-state index is -1.30. The Morgan fingerprint density at radius 3 is 2.45 bits per heavy atom. The summed E-state index contributed by atoms with van der Waals surface area (Å²) < 4.78 is 11.2. The van der Waals surface area contributed by atoms with Crippen LogP contribution in [0.1, 0.15) is 42.2 Å². The normalized spacial score (nSPS) is 12.4. The van der Waals surface area contributed by atoms with Gasteiger partial charge in [0, 0.05) is 28.8 Å². The van der Waals surface area contributed by atoms with Crippen LogP contribution >= 0.6 is 11.8 Å².